The second-order valence-corrected chi connectivity index (χ2v) is 6.70. The summed E-state index contributed by atoms with van der Waals surface area (Å²) < 4.78 is 5.20. The molecule has 1 aliphatic heterocycles. The molecule has 0 unspecified atom stereocenters. The summed E-state index contributed by atoms with van der Waals surface area (Å²) in [6, 6.07) is 16.4. The molecule has 0 radical (unpaired) electrons. The van der Waals surface area contributed by atoms with Gasteiger partial charge in [0.05, 0.1) is 7.11 Å². The van der Waals surface area contributed by atoms with E-state index in [9.17, 15) is 4.79 Å². The van der Waals surface area contributed by atoms with Crippen molar-refractivity contribution >= 4 is 6.03 Å². The van der Waals surface area contributed by atoms with Crippen LogP contribution in [-0.4, -0.2) is 49.1 Å². The molecule has 1 aliphatic rings. The van der Waals surface area contributed by atoms with Crippen molar-refractivity contribution in [2.45, 2.75) is 20.0 Å². The Morgan fingerprint density at radius 3 is 2.38 bits per heavy atom. The van der Waals surface area contributed by atoms with Crippen LogP contribution in [0.5, 0.6) is 5.75 Å². The van der Waals surface area contributed by atoms with Crippen LogP contribution >= 0.6 is 0 Å². The van der Waals surface area contributed by atoms with Gasteiger partial charge in [-0.2, -0.15) is 0 Å². The highest BCUT2D eigenvalue weighted by atomic mass is 16.5. The molecule has 0 spiro atoms. The summed E-state index contributed by atoms with van der Waals surface area (Å²) >= 11 is 0. The standard InChI is InChI=1S/C21H27N3O2/c1-17-5-3-4-6-19(17)15-22-21(25)24-13-11-23(12-14-24)16-18-7-9-20(26-2)10-8-18/h3-10H,11-16H2,1-2H3,(H,22,25). The predicted octanol–water partition coefficient (Wildman–Crippen LogP) is 3.03. The zero-order valence-electron chi connectivity index (χ0n) is 15.6. The molecule has 0 saturated carbocycles. The molecule has 3 rings (SSSR count). The first-order valence-electron chi connectivity index (χ1n) is 9.08. The van der Waals surface area contributed by atoms with E-state index in [2.05, 4.69) is 41.4 Å². The maximum atomic E-state index is 12.4. The maximum absolute atomic E-state index is 12.4. The number of carbonyl (C=O) groups is 1. The van der Waals surface area contributed by atoms with Crippen LogP contribution in [0.15, 0.2) is 48.5 Å². The summed E-state index contributed by atoms with van der Waals surface area (Å²) in [4.78, 5) is 16.7. The van der Waals surface area contributed by atoms with E-state index in [1.165, 1.54) is 16.7 Å². The van der Waals surface area contributed by atoms with Gasteiger partial charge in [-0.1, -0.05) is 36.4 Å². The first-order valence-corrected chi connectivity index (χ1v) is 9.08. The Labute approximate surface area is 155 Å². The zero-order chi connectivity index (χ0) is 18.4. The predicted molar refractivity (Wildman–Crippen MR) is 103 cm³/mol. The first-order chi connectivity index (χ1) is 12.7. The van der Waals surface area contributed by atoms with E-state index in [0.29, 0.717) is 6.54 Å². The van der Waals surface area contributed by atoms with Crippen molar-refractivity contribution < 1.29 is 9.53 Å². The van der Waals surface area contributed by atoms with E-state index in [-0.39, 0.29) is 6.03 Å². The maximum Gasteiger partial charge on any atom is 0.317 e. The van der Waals surface area contributed by atoms with Gasteiger partial charge in [-0.3, -0.25) is 4.90 Å². The summed E-state index contributed by atoms with van der Waals surface area (Å²) in [5.74, 6) is 0.879. The number of benzene rings is 2. The number of amides is 2. The van der Waals surface area contributed by atoms with Crippen LogP contribution in [0.1, 0.15) is 16.7 Å². The summed E-state index contributed by atoms with van der Waals surface area (Å²) in [6.45, 7) is 6.86. The van der Waals surface area contributed by atoms with Crippen LogP contribution in [0.2, 0.25) is 0 Å². The molecule has 1 heterocycles. The lowest BCUT2D eigenvalue weighted by Gasteiger charge is -2.34. The van der Waals surface area contributed by atoms with Crippen molar-refractivity contribution in [2.75, 3.05) is 33.3 Å². The second-order valence-electron chi connectivity index (χ2n) is 6.70. The third kappa shape index (κ3) is 4.76. The monoisotopic (exact) mass is 353 g/mol. The highest BCUT2D eigenvalue weighted by Gasteiger charge is 2.21. The number of methoxy groups -OCH3 is 1. The number of rotatable bonds is 5. The Morgan fingerprint density at radius 1 is 1.04 bits per heavy atom. The Bertz CT molecular complexity index is 722. The van der Waals surface area contributed by atoms with Gasteiger partial charge >= 0.3 is 6.03 Å². The fraction of sp³-hybridized carbons (Fsp3) is 0.381. The molecular formula is C21H27N3O2. The molecule has 0 aliphatic carbocycles. The molecule has 0 aromatic heterocycles. The number of piperazine rings is 1. The van der Waals surface area contributed by atoms with E-state index in [0.717, 1.165) is 38.5 Å². The zero-order valence-corrected chi connectivity index (χ0v) is 15.6. The van der Waals surface area contributed by atoms with Crippen LogP contribution in [0, 0.1) is 6.92 Å². The lowest BCUT2D eigenvalue weighted by atomic mass is 10.1. The lowest BCUT2D eigenvalue weighted by molar-refractivity contribution is 0.135. The van der Waals surface area contributed by atoms with Gasteiger partial charge in [0.25, 0.3) is 0 Å². The average molecular weight is 353 g/mol. The SMILES string of the molecule is COc1ccc(CN2CCN(C(=O)NCc3ccccc3C)CC2)cc1. The van der Waals surface area contributed by atoms with Crippen LogP contribution in [0.3, 0.4) is 0 Å². The molecular weight excluding hydrogens is 326 g/mol. The highest BCUT2D eigenvalue weighted by molar-refractivity contribution is 5.74. The normalized spacial score (nSPS) is 14.9. The number of urea groups is 1. The second kappa shape index (κ2) is 8.72. The largest absolute Gasteiger partial charge is 0.497 e. The minimum absolute atomic E-state index is 0.0253. The van der Waals surface area contributed by atoms with Gasteiger partial charge in [0.1, 0.15) is 5.75 Å². The summed E-state index contributed by atoms with van der Waals surface area (Å²) in [5, 5.41) is 3.04. The van der Waals surface area contributed by atoms with E-state index in [1.54, 1.807) is 7.11 Å². The van der Waals surface area contributed by atoms with E-state index >= 15 is 0 Å². The third-order valence-electron chi connectivity index (χ3n) is 4.92. The molecule has 0 atom stereocenters. The van der Waals surface area contributed by atoms with Gasteiger partial charge in [-0.15, -0.1) is 0 Å². The number of nitrogens with zero attached hydrogens (tertiary/aromatic N) is 2. The molecule has 0 bridgehead atoms. The van der Waals surface area contributed by atoms with Gasteiger partial charge in [0, 0.05) is 39.3 Å². The van der Waals surface area contributed by atoms with E-state index in [4.69, 9.17) is 4.74 Å². The van der Waals surface area contributed by atoms with Crippen LogP contribution in [-0.2, 0) is 13.1 Å². The Hall–Kier alpha value is -2.53. The van der Waals surface area contributed by atoms with Gasteiger partial charge in [-0.05, 0) is 35.7 Å². The van der Waals surface area contributed by atoms with Crippen molar-refractivity contribution in [3.05, 3.63) is 65.2 Å². The molecule has 5 nitrogen and oxygen atoms in total. The third-order valence-corrected chi connectivity index (χ3v) is 4.92. The van der Waals surface area contributed by atoms with Gasteiger partial charge in [0.2, 0.25) is 0 Å². The average Bonchev–Trinajstić information content (AvgIpc) is 2.68. The minimum atomic E-state index is 0.0253. The number of ether oxygens (including phenoxy) is 1. The molecule has 138 valence electrons. The van der Waals surface area contributed by atoms with Gasteiger partial charge in [-0.25, -0.2) is 4.79 Å². The van der Waals surface area contributed by atoms with Crippen LogP contribution in [0.4, 0.5) is 4.79 Å². The van der Waals surface area contributed by atoms with Crippen molar-refractivity contribution in [3.63, 3.8) is 0 Å². The van der Waals surface area contributed by atoms with Gasteiger partial charge in [0.15, 0.2) is 0 Å². The molecule has 2 aromatic carbocycles. The lowest BCUT2D eigenvalue weighted by Crippen LogP contribution is -2.51. The Morgan fingerprint density at radius 2 is 1.73 bits per heavy atom. The van der Waals surface area contributed by atoms with Crippen LogP contribution in [0.25, 0.3) is 0 Å². The topological polar surface area (TPSA) is 44.8 Å². The summed E-state index contributed by atoms with van der Waals surface area (Å²) in [7, 11) is 1.68. The quantitative estimate of drug-likeness (QED) is 0.899. The Balaban J connectivity index is 1.44. The number of aryl methyl sites for hydroxylation is 1. The summed E-state index contributed by atoms with van der Waals surface area (Å²) in [6.07, 6.45) is 0. The van der Waals surface area contributed by atoms with Gasteiger partial charge < -0.3 is 15.0 Å². The summed E-state index contributed by atoms with van der Waals surface area (Å²) in [5.41, 5.74) is 3.64. The molecule has 1 fully saturated rings. The van der Waals surface area contributed by atoms with E-state index in [1.807, 2.05) is 29.2 Å². The highest BCUT2D eigenvalue weighted by Crippen LogP contribution is 2.14. The number of hydrogen-bond donors (Lipinski definition) is 1. The molecule has 1 saturated heterocycles. The fourth-order valence-corrected chi connectivity index (χ4v) is 3.19. The smallest absolute Gasteiger partial charge is 0.317 e. The van der Waals surface area contributed by atoms with E-state index < -0.39 is 0 Å². The minimum Gasteiger partial charge on any atom is -0.497 e. The van der Waals surface area contributed by atoms with Crippen molar-refractivity contribution in [1.29, 1.82) is 0 Å². The Kier molecular flexibility index (Phi) is 6.12. The number of carbonyl (C=O) groups excluding carboxylic acids is 1. The van der Waals surface area contributed by atoms with Crippen molar-refractivity contribution in [1.82, 2.24) is 15.1 Å². The molecule has 1 N–H and O–H groups in total. The van der Waals surface area contributed by atoms with Crippen molar-refractivity contribution in [2.24, 2.45) is 0 Å². The molecule has 5 heteroatoms. The number of hydrogen-bond acceptors (Lipinski definition) is 3. The first kappa shape index (κ1) is 18.3. The van der Waals surface area contributed by atoms with Crippen LogP contribution < -0.4 is 10.1 Å². The molecule has 26 heavy (non-hydrogen) atoms. The fourth-order valence-electron chi connectivity index (χ4n) is 3.19. The molecule has 2 amide bonds. The van der Waals surface area contributed by atoms with Crippen molar-refractivity contribution in [3.8, 4) is 5.75 Å². The molecule has 2 aromatic rings. The number of nitrogens with one attached hydrogen (secondary N) is 1.